The van der Waals surface area contributed by atoms with Gasteiger partial charge < -0.3 is 5.11 Å². The Hall–Kier alpha value is -0.820. The molecule has 0 aliphatic heterocycles. The van der Waals surface area contributed by atoms with Gasteiger partial charge in [-0.05, 0) is 36.3 Å². The topological polar surface area (TPSA) is 20.2 Å². The predicted octanol–water partition coefficient (Wildman–Crippen LogP) is 2.10. The highest BCUT2D eigenvalue weighted by atomic mass is 16.3. The van der Waals surface area contributed by atoms with E-state index in [4.69, 9.17) is 0 Å². The SMILES string of the molecule is OC1CC2Cc3ccccc3C1C2. The first-order valence-corrected chi connectivity index (χ1v) is 5.10. The lowest BCUT2D eigenvalue weighted by Crippen LogP contribution is -2.14. The summed E-state index contributed by atoms with van der Waals surface area (Å²) in [5.74, 6) is 1.19. The fraction of sp³-hybridized carbons (Fsp3) is 0.500. The number of benzene rings is 1. The third-order valence-electron chi connectivity index (χ3n) is 3.59. The van der Waals surface area contributed by atoms with Crippen LogP contribution in [0.4, 0.5) is 0 Å². The second kappa shape index (κ2) is 2.58. The number of aliphatic hydroxyl groups is 1. The maximum atomic E-state index is 9.85. The van der Waals surface area contributed by atoms with Crippen LogP contribution in [0.25, 0.3) is 0 Å². The molecule has 1 nitrogen and oxygen atoms in total. The Morgan fingerprint density at radius 3 is 2.92 bits per heavy atom. The highest BCUT2D eigenvalue weighted by Gasteiger charge is 2.38. The van der Waals surface area contributed by atoms with Crippen molar-refractivity contribution in [2.24, 2.45) is 5.92 Å². The standard InChI is InChI=1S/C12H14O/c13-12-7-8-5-9-3-1-2-4-10(9)11(12)6-8/h1-4,8,11-13H,5-7H2. The van der Waals surface area contributed by atoms with Crippen LogP contribution < -0.4 is 0 Å². The lowest BCUT2D eigenvalue weighted by molar-refractivity contribution is 0.162. The highest BCUT2D eigenvalue weighted by Crippen LogP contribution is 2.45. The Morgan fingerprint density at radius 1 is 1.15 bits per heavy atom. The maximum absolute atomic E-state index is 9.85. The molecule has 0 amide bonds. The Morgan fingerprint density at radius 2 is 2.00 bits per heavy atom. The van der Waals surface area contributed by atoms with E-state index in [0.717, 1.165) is 12.3 Å². The van der Waals surface area contributed by atoms with Crippen LogP contribution in [0.5, 0.6) is 0 Å². The zero-order valence-corrected chi connectivity index (χ0v) is 7.61. The molecule has 1 aromatic rings. The Kier molecular flexibility index (Phi) is 1.50. The van der Waals surface area contributed by atoms with Crippen molar-refractivity contribution in [1.29, 1.82) is 0 Å². The molecule has 0 radical (unpaired) electrons. The molecule has 1 fully saturated rings. The molecule has 1 saturated carbocycles. The van der Waals surface area contributed by atoms with Gasteiger partial charge in [0, 0.05) is 5.92 Å². The number of aliphatic hydroxyl groups excluding tert-OH is 1. The first-order chi connectivity index (χ1) is 6.34. The van der Waals surface area contributed by atoms with Crippen molar-refractivity contribution in [3.8, 4) is 0 Å². The highest BCUT2D eigenvalue weighted by molar-refractivity contribution is 5.35. The summed E-state index contributed by atoms with van der Waals surface area (Å²) in [5, 5.41) is 9.85. The van der Waals surface area contributed by atoms with E-state index in [-0.39, 0.29) is 6.10 Å². The number of rotatable bonds is 0. The minimum Gasteiger partial charge on any atom is -0.392 e. The van der Waals surface area contributed by atoms with Gasteiger partial charge in [0.25, 0.3) is 0 Å². The third kappa shape index (κ3) is 1.03. The van der Waals surface area contributed by atoms with Crippen molar-refractivity contribution in [3.05, 3.63) is 35.4 Å². The van der Waals surface area contributed by atoms with E-state index in [1.54, 1.807) is 0 Å². The summed E-state index contributed by atoms with van der Waals surface area (Å²) in [7, 11) is 0. The van der Waals surface area contributed by atoms with E-state index < -0.39 is 0 Å². The summed E-state index contributed by atoms with van der Waals surface area (Å²) in [6.07, 6.45) is 3.33. The Balaban J connectivity index is 2.11. The lowest BCUT2D eigenvalue weighted by Gasteiger charge is -2.23. The van der Waals surface area contributed by atoms with Crippen molar-refractivity contribution < 1.29 is 5.11 Å². The predicted molar refractivity (Wildman–Crippen MR) is 51.6 cm³/mol. The van der Waals surface area contributed by atoms with Gasteiger partial charge >= 0.3 is 0 Å². The molecule has 0 aromatic heterocycles. The second-order valence-electron chi connectivity index (χ2n) is 4.41. The molecule has 1 heteroatoms. The molecular weight excluding hydrogens is 160 g/mol. The fourth-order valence-electron chi connectivity index (χ4n) is 3.01. The van der Waals surface area contributed by atoms with Crippen molar-refractivity contribution in [1.82, 2.24) is 0 Å². The first kappa shape index (κ1) is 7.57. The van der Waals surface area contributed by atoms with Crippen molar-refractivity contribution in [2.45, 2.75) is 31.3 Å². The minimum absolute atomic E-state index is 0.0753. The number of fused-ring (bicyclic) bond motifs is 4. The maximum Gasteiger partial charge on any atom is 0.0611 e. The third-order valence-corrected chi connectivity index (χ3v) is 3.59. The van der Waals surface area contributed by atoms with Crippen LogP contribution in [0.15, 0.2) is 24.3 Å². The van der Waals surface area contributed by atoms with Crippen LogP contribution in [-0.4, -0.2) is 11.2 Å². The summed E-state index contributed by atoms with van der Waals surface area (Å²) < 4.78 is 0. The van der Waals surface area contributed by atoms with Crippen LogP contribution in [-0.2, 0) is 6.42 Å². The molecule has 2 aliphatic rings. The van der Waals surface area contributed by atoms with Gasteiger partial charge in [-0.15, -0.1) is 0 Å². The summed E-state index contributed by atoms with van der Waals surface area (Å²) in [4.78, 5) is 0. The lowest BCUT2D eigenvalue weighted by atomic mass is 9.83. The van der Waals surface area contributed by atoms with E-state index in [1.165, 1.54) is 24.0 Å². The van der Waals surface area contributed by atoms with E-state index in [2.05, 4.69) is 24.3 Å². The molecule has 0 saturated heterocycles. The van der Waals surface area contributed by atoms with Crippen molar-refractivity contribution in [2.75, 3.05) is 0 Å². The van der Waals surface area contributed by atoms with Gasteiger partial charge in [-0.1, -0.05) is 24.3 Å². The zero-order valence-electron chi connectivity index (χ0n) is 7.61. The average Bonchev–Trinajstić information content (AvgIpc) is 2.44. The quantitative estimate of drug-likeness (QED) is 0.638. The van der Waals surface area contributed by atoms with Crippen molar-refractivity contribution in [3.63, 3.8) is 0 Å². The van der Waals surface area contributed by atoms with Gasteiger partial charge in [-0.3, -0.25) is 0 Å². The van der Waals surface area contributed by atoms with Gasteiger partial charge in [-0.2, -0.15) is 0 Å². The Labute approximate surface area is 78.4 Å². The van der Waals surface area contributed by atoms with E-state index in [1.807, 2.05) is 0 Å². The molecule has 0 heterocycles. The zero-order chi connectivity index (χ0) is 8.84. The molecule has 13 heavy (non-hydrogen) atoms. The fourth-order valence-corrected chi connectivity index (χ4v) is 3.01. The summed E-state index contributed by atoms with van der Waals surface area (Å²) in [6.45, 7) is 0. The largest absolute Gasteiger partial charge is 0.392 e. The van der Waals surface area contributed by atoms with E-state index in [9.17, 15) is 5.11 Å². The van der Waals surface area contributed by atoms with Crippen LogP contribution >= 0.6 is 0 Å². The molecule has 1 aromatic carbocycles. The number of hydrogen-bond acceptors (Lipinski definition) is 1. The average molecular weight is 174 g/mol. The van der Waals surface area contributed by atoms with Crippen LogP contribution in [0, 0.1) is 5.92 Å². The molecule has 3 atom stereocenters. The number of hydrogen-bond donors (Lipinski definition) is 1. The molecule has 0 spiro atoms. The molecular formula is C12H14O. The molecule has 2 bridgehead atoms. The normalized spacial score (nSPS) is 35.9. The molecule has 3 unspecified atom stereocenters. The first-order valence-electron chi connectivity index (χ1n) is 5.10. The second-order valence-corrected chi connectivity index (χ2v) is 4.41. The summed E-state index contributed by atoms with van der Waals surface area (Å²) >= 11 is 0. The van der Waals surface area contributed by atoms with Crippen LogP contribution in [0.2, 0.25) is 0 Å². The van der Waals surface area contributed by atoms with Gasteiger partial charge in [0.2, 0.25) is 0 Å². The smallest absolute Gasteiger partial charge is 0.0611 e. The van der Waals surface area contributed by atoms with Crippen LogP contribution in [0.3, 0.4) is 0 Å². The van der Waals surface area contributed by atoms with E-state index >= 15 is 0 Å². The molecule has 2 aliphatic carbocycles. The van der Waals surface area contributed by atoms with E-state index in [0.29, 0.717) is 5.92 Å². The van der Waals surface area contributed by atoms with Gasteiger partial charge in [-0.25, -0.2) is 0 Å². The molecule has 1 N–H and O–H groups in total. The summed E-state index contributed by atoms with van der Waals surface area (Å²) in [6, 6.07) is 8.59. The monoisotopic (exact) mass is 174 g/mol. The van der Waals surface area contributed by atoms with Gasteiger partial charge in [0.05, 0.1) is 6.10 Å². The van der Waals surface area contributed by atoms with Crippen molar-refractivity contribution >= 4 is 0 Å². The van der Waals surface area contributed by atoms with Gasteiger partial charge in [0.15, 0.2) is 0 Å². The van der Waals surface area contributed by atoms with Crippen LogP contribution in [0.1, 0.15) is 29.9 Å². The minimum atomic E-state index is -0.0753. The molecule has 68 valence electrons. The molecule has 3 rings (SSSR count). The van der Waals surface area contributed by atoms with Gasteiger partial charge in [0.1, 0.15) is 0 Å². The Bertz CT molecular complexity index is 332. The summed E-state index contributed by atoms with van der Waals surface area (Å²) in [5.41, 5.74) is 2.88.